The van der Waals surface area contributed by atoms with Crippen LogP contribution in [0.25, 0.3) is 0 Å². The van der Waals surface area contributed by atoms with Gasteiger partial charge in [0.15, 0.2) is 0 Å². The Balaban J connectivity index is 0.00000261. The van der Waals surface area contributed by atoms with Gasteiger partial charge in [0, 0.05) is 18.2 Å². The minimum atomic E-state index is -0.369. The molecule has 1 atom stereocenters. The fraction of sp³-hybridized carbons (Fsp3) is 0.579. The number of carbonyl (C=O) groups excluding carboxylic acids is 2. The van der Waals surface area contributed by atoms with E-state index in [2.05, 4.69) is 16.0 Å². The Hall–Kier alpha value is -1.83. The van der Waals surface area contributed by atoms with Crippen LogP contribution in [0, 0.1) is 5.92 Å². The molecule has 0 bridgehead atoms. The Labute approximate surface area is 166 Å². The summed E-state index contributed by atoms with van der Waals surface area (Å²) >= 11 is 0. The Morgan fingerprint density at radius 2 is 1.93 bits per heavy atom. The molecule has 0 spiro atoms. The molecule has 1 aliphatic heterocycles. The molecule has 1 aromatic carbocycles. The zero-order valence-corrected chi connectivity index (χ0v) is 16.4. The van der Waals surface area contributed by atoms with Crippen LogP contribution < -0.4 is 20.7 Å². The highest BCUT2D eigenvalue weighted by molar-refractivity contribution is 5.98. The van der Waals surface area contributed by atoms with E-state index < -0.39 is 0 Å². The van der Waals surface area contributed by atoms with E-state index in [1.807, 2.05) is 0 Å². The summed E-state index contributed by atoms with van der Waals surface area (Å²) in [5, 5.41) is 8.96. The number of rotatable bonds is 5. The van der Waals surface area contributed by atoms with Crippen molar-refractivity contribution in [1.29, 1.82) is 0 Å². The molecule has 3 rings (SSSR count). The Morgan fingerprint density at radius 3 is 2.59 bits per heavy atom. The monoisotopic (exact) mass is 397 g/mol. The average molecular weight is 398 g/mol. The van der Waals surface area contributed by atoms with Gasteiger partial charge in [-0.05, 0) is 31.0 Å². The van der Waals surface area contributed by atoms with E-state index in [1.54, 1.807) is 25.3 Å². The van der Waals surface area contributed by atoms with Crippen molar-refractivity contribution in [2.75, 3.05) is 37.5 Å². The van der Waals surface area contributed by atoms with Crippen LogP contribution in [0.1, 0.15) is 32.1 Å². The SMILES string of the molecule is COc1ccc(NC(=O)C2COCCN2)cc1NC(=O)C1CCCCC1.Cl. The number of methoxy groups -OCH3 is 1. The third-order valence-corrected chi connectivity index (χ3v) is 4.94. The molecule has 2 aliphatic rings. The molecule has 1 aliphatic carbocycles. The maximum Gasteiger partial charge on any atom is 0.243 e. The Bertz CT molecular complexity index is 644. The van der Waals surface area contributed by atoms with Crippen LogP contribution in [0.2, 0.25) is 0 Å². The number of halogens is 1. The highest BCUT2D eigenvalue weighted by Crippen LogP contribution is 2.30. The number of amides is 2. The number of nitrogens with one attached hydrogen (secondary N) is 3. The largest absolute Gasteiger partial charge is 0.495 e. The summed E-state index contributed by atoms with van der Waals surface area (Å²) in [5.41, 5.74) is 1.19. The van der Waals surface area contributed by atoms with Crippen molar-refractivity contribution >= 4 is 35.6 Å². The molecule has 2 amide bonds. The number of ether oxygens (including phenoxy) is 2. The van der Waals surface area contributed by atoms with Crippen LogP contribution >= 0.6 is 12.4 Å². The van der Waals surface area contributed by atoms with Crippen LogP contribution in [0.4, 0.5) is 11.4 Å². The number of benzene rings is 1. The first-order valence-corrected chi connectivity index (χ1v) is 9.28. The molecule has 0 aromatic heterocycles. The zero-order valence-electron chi connectivity index (χ0n) is 15.6. The maximum atomic E-state index is 12.5. The molecule has 27 heavy (non-hydrogen) atoms. The lowest BCUT2D eigenvalue weighted by Crippen LogP contribution is -2.48. The Morgan fingerprint density at radius 1 is 1.15 bits per heavy atom. The van der Waals surface area contributed by atoms with Crippen molar-refractivity contribution in [1.82, 2.24) is 5.32 Å². The standard InChI is InChI=1S/C19H27N3O4.ClH/c1-25-17-8-7-14(21-19(24)16-12-26-10-9-20-16)11-15(17)22-18(23)13-5-3-2-4-6-13;/h7-8,11,13,16,20H,2-6,9-10,12H2,1H3,(H,21,24)(H,22,23);1H. The second-order valence-electron chi connectivity index (χ2n) is 6.81. The van der Waals surface area contributed by atoms with Crippen molar-refractivity contribution in [3.05, 3.63) is 18.2 Å². The number of anilines is 2. The number of hydrogen-bond acceptors (Lipinski definition) is 5. The molecule has 150 valence electrons. The number of hydrogen-bond donors (Lipinski definition) is 3. The molecule has 1 heterocycles. The first-order valence-electron chi connectivity index (χ1n) is 9.28. The molecule has 3 N–H and O–H groups in total. The number of carbonyl (C=O) groups is 2. The maximum absolute atomic E-state index is 12.5. The topological polar surface area (TPSA) is 88.7 Å². The fourth-order valence-electron chi connectivity index (χ4n) is 3.45. The quantitative estimate of drug-likeness (QED) is 0.710. The Kier molecular flexibility index (Phi) is 8.34. The van der Waals surface area contributed by atoms with Crippen LogP contribution in [0.15, 0.2) is 18.2 Å². The molecular weight excluding hydrogens is 370 g/mol. The van der Waals surface area contributed by atoms with Gasteiger partial charge in [0.2, 0.25) is 11.8 Å². The van der Waals surface area contributed by atoms with Gasteiger partial charge in [-0.2, -0.15) is 0 Å². The summed E-state index contributed by atoms with van der Waals surface area (Å²) in [7, 11) is 1.56. The number of morpholine rings is 1. The van der Waals surface area contributed by atoms with Gasteiger partial charge in [0.05, 0.1) is 26.0 Å². The van der Waals surface area contributed by atoms with Gasteiger partial charge >= 0.3 is 0 Å². The molecule has 1 saturated heterocycles. The van der Waals surface area contributed by atoms with Crippen LogP contribution in [-0.4, -0.2) is 44.7 Å². The lowest BCUT2D eigenvalue weighted by molar-refractivity contribution is -0.121. The van der Waals surface area contributed by atoms with Crippen LogP contribution in [-0.2, 0) is 14.3 Å². The van der Waals surface area contributed by atoms with E-state index in [-0.39, 0.29) is 36.2 Å². The van der Waals surface area contributed by atoms with Gasteiger partial charge in [-0.1, -0.05) is 19.3 Å². The van der Waals surface area contributed by atoms with Gasteiger partial charge < -0.3 is 25.4 Å². The molecule has 1 unspecified atom stereocenters. The van der Waals surface area contributed by atoms with Crippen LogP contribution in [0.3, 0.4) is 0 Å². The van der Waals surface area contributed by atoms with Crippen molar-refractivity contribution in [3.63, 3.8) is 0 Å². The smallest absolute Gasteiger partial charge is 0.243 e. The van der Waals surface area contributed by atoms with E-state index in [0.717, 1.165) is 25.7 Å². The minimum absolute atomic E-state index is 0. The lowest BCUT2D eigenvalue weighted by Gasteiger charge is -2.23. The fourth-order valence-corrected chi connectivity index (χ4v) is 3.45. The van der Waals surface area contributed by atoms with E-state index in [4.69, 9.17) is 9.47 Å². The first kappa shape index (κ1) is 21.5. The third-order valence-electron chi connectivity index (χ3n) is 4.94. The summed E-state index contributed by atoms with van der Waals surface area (Å²) < 4.78 is 10.7. The summed E-state index contributed by atoms with van der Waals surface area (Å²) in [5.74, 6) is 0.495. The summed E-state index contributed by atoms with van der Waals surface area (Å²) in [6, 6.07) is 4.88. The predicted molar refractivity (Wildman–Crippen MR) is 107 cm³/mol. The lowest BCUT2D eigenvalue weighted by atomic mass is 9.88. The predicted octanol–water partition coefficient (Wildman–Crippen LogP) is 2.56. The van der Waals surface area contributed by atoms with Crippen molar-refractivity contribution in [3.8, 4) is 5.75 Å². The molecule has 7 nitrogen and oxygen atoms in total. The minimum Gasteiger partial charge on any atom is -0.495 e. The van der Waals surface area contributed by atoms with Crippen LogP contribution in [0.5, 0.6) is 5.75 Å². The highest BCUT2D eigenvalue weighted by atomic mass is 35.5. The summed E-state index contributed by atoms with van der Waals surface area (Å²) in [6.07, 6.45) is 5.26. The normalized spacial score (nSPS) is 20.3. The first-order chi connectivity index (χ1) is 12.7. The molecule has 1 aromatic rings. The average Bonchev–Trinajstić information content (AvgIpc) is 2.69. The van der Waals surface area contributed by atoms with Crippen molar-refractivity contribution in [2.45, 2.75) is 38.1 Å². The molecule has 1 saturated carbocycles. The molecule has 0 radical (unpaired) electrons. The van der Waals surface area contributed by atoms with E-state index in [9.17, 15) is 9.59 Å². The third kappa shape index (κ3) is 5.82. The van der Waals surface area contributed by atoms with Crippen molar-refractivity contribution in [2.24, 2.45) is 5.92 Å². The van der Waals surface area contributed by atoms with Gasteiger partial charge in [-0.3, -0.25) is 9.59 Å². The summed E-state index contributed by atoms with van der Waals surface area (Å²) in [4.78, 5) is 24.9. The van der Waals surface area contributed by atoms with Crippen molar-refractivity contribution < 1.29 is 19.1 Å². The van der Waals surface area contributed by atoms with E-state index >= 15 is 0 Å². The highest BCUT2D eigenvalue weighted by Gasteiger charge is 2.23. The molecule has 8 heteroatoms. The summed E-state index contributed by atoms with van der Waals surface area (Å²) in [6.45, 7) is 1.63. The second kappa shape index (κ2) is 10.5. The van der Waals surface area contributed by atoms with E-state index in [1.165, 1.54) is 6.42 Å². The zero-order chi connectivity index (χ0) is 18.4. The van der Waals surface area contributed by atoms with Gasteiger partial charge in [0.1, 0.15) is 11.8 Å². The van der Waals surface area contributed by atoms with Gasteiger partial charge in [0.25, 0.3) is 0 Å². The molecule has 2 fully saturated rings. The van der Waals surface area contributed by atoms with E-state index in [0.29, 0.717) is 36.9 Å². The molecular formula is C19H28ClN3O4. The van der Waals surface area contributed by atoms with Gasteiger partial charge in [-0.15, -0.1) is 12.4 Å². The van der Waals surface area contributed by atoms with Gasteiger partial charge in [-0.25, -0.2) is 0 Å². The second-order valence-corrected chi connectivity index (χ2v) is 6.81.